The molecule has 0 spiro atoms. The fourth-order valence-electron chi connectivity index (χ4n) is 3.28. The van der Waals surface area contributed by atoms with E-state index in [1.165, 1.54) is 17.7 Å². The number of piperazine rings is 1. The standard InChI is InChI=1S/C18H28N2O2S/c1-21-18-15(7-10-20-11-8-19-9-12-20)4-2-6-17(18)22-16-5-3-13-23-14-16/h2,4,6,16,19H,3,5,7-14H2,1H3. The monoisotopic (exact) mass is 336 g/mol. The largest absolute Gasteiger partial charge is 0.493 e. The van der Waals surface area contributed by atoms with Gasteiger partial charge in [0.05, 0.1) is 7.11 Å². The minimum atomic E-state index is 0.325. The molecule has 1 unspecified atom stereocenters. The highest BCUT2D eigenvalue weighted by Gasteiger charge is 2.19. The van der Waals surface area contributed by atoms with E-state index in [1.54, 1.807) is 7.11 Å². The third kappa shape index (κ3) is 4.78. The minimum absolute atomic E-state index is 0.325. The summed E-state index contributed by atoms with van der Waals surface area (Å²) in [6, 6.07) is 6.32. The Balaban J connectivity index is 1.63. The predicted molar refractivity (Wildman–Crippen MR) is 97.0 cm³/mol. The molecule has 0 bridgehead atoms. The molecule has 5 heteroatoms. The van der Waals surface area contributed by atoms with Crippen molar-refractivity contribution < 1.29 is 9.47 Å². The normalized spacial score (nSPS) is 22.7. The lowest BCUT2D eigenvalue weighted by molar-refractivity contribution is 0.201. The molecule has 0 amide bonds. The van der Waals surface area contributed by atoms with E-state index in [1.807, 2.05) is 17.8 Å². The molecule has 1 aromatic rings. The zero-order valence-electron chi connectivity index (χ0n) is 14.1. The summed E-state index contributed by atoms with van der Waals surface area (Å²) in [6.45, 7) is 5.55. The lowest BCUT2D eigenvalue weighted by atomic mass is 10.1. The second-order valence-corrected chi connectivity index (χ2v) is 7.40. The molecule has 2 fully saturated rings. The van der Waals surface area contributed by atoms with E-state index >= 15 is 0 Å². The summed E-state index contributed by atoms with van der Waals surface area (Å²) in [7, 11) is 1.76. The number of hydrogen-bond acceptors (Lipinski definition) is 5. The van der Waals surface area contributed by atoms with Gasteiger partial charge in [0.2, 0.25) is 0 Å². The van der Waals surface area contributed by atoms with Crippen molar-refractivity contribution in [1.29, 1.82) is 0 Å². The highest BCUT2D eigenvalue weighted by molar-refractivity contribution is 7.99. The molecule has 1 N–H and O–H groups in total. The first-order chi connectivity index (χ1) is 11.4. The molecule has 0 aromatic heterocycles. The van der Waals surface area contributed by atoms with Crippen LogP contribution < -0.4 is 14.8 Å². The zero-order valence-corrected chi connectivity index (χ0v) is 14.9. The van der Waals surface area contributed by atoms with Crippen molar-refractivity contribution in [3.8, 4) is 11.5 Å². The number of nitrogens with zero attached hydrogens (tertiary/aromatic N) is 1. The van der Waals surface area contributed by atoms with E-state index in [-0.39, 0.29) is 0 Å². The van der Waals surface area contributed by atoms with E-state index in [2.05, 4.69) is 22.3 Å². The van der Waals surface area contributed by atoms with Gasteiger partial charge in [-0.25, -0.2) is 0 Å². The van der Waals surface area contributed by atoms with Crippen LogP contribution in [0, 0.1) is 0 Å². The molecule has 2 aliphatic heterocycles. The van der Waals surface area contributed by atoms with Crippen molar-refractivity contribution in [3.05, 3.63) is 23.8 Å². The van der Waals surface area contributed by atoms with Crippen molar-refractivity contribution in [1.82, 2.24) is 10.2 Å². The summed E-state index contributed by atoms with van der Waals surface area (Å²) in [5, 5.41) is 3.40. The first kappa shape index (κ1) is 16.9. The second-order valence-electron chi connectivity index (χ2n) is 6.25. The Morgan fingerprint density at radius 1 is 1.30 bits per heavy atom. The maximum absolute atomic E-state index is 6.24. The van der Waals surface area contributed by atoms with Crippen molar-refractivity contribution >= 4 is 11.8 Å². The Hall–Kier alpha value is -0.910. The van der Waals surface area contributed by atoms with Gasteiger partial charge in [-0.2, -0.15) is 11.8 Å². The SMILES string of the molecule is COc1c(CCN2CCNCC2)cccc1OC1CCCSC1. The van der Waals surface area contributed by atoms with Gasteiger partial charge in [0.25, 0.3) is 0 Å². The van der Waals surface area contributed by atoms with Crippen molar-refractivity contribution in [2.45, 2.75) is 25.4 Å². The highest BCUT2D eigenvalue weighted by Crippen LogP contribution is 2.34. The topological polar surface area (TPSA) is 33.7 Å². The zero-order chi connectivity index (χ0) is 15.9. The van der Waals surface area contributed by atoms with Gasteiger partial charge in [-0.15, -0.1) is 0 Å². The molecule has 1 aromatic carbocycles. The first-order valence-corrected chi connectivity index (χ1v) is 9.85. The fraction of sp³-hybridized carbons (Fsp3) is 0.667. The van der Waals surface area contributed by atoms with E-state index in [0.29, 0.717) is 6.10 Å². The lowest BCUT2D eigenvalue weighted by Gasteiger charge is -2.28. The average Bonchev–Trinajstić information content (AvgIpc) is 2.62. The quantitative estimate of drug-likeness (QED) is 0.863. The molecule has 2 saturated heterocycles. The van der Waals surface area contributed by atoms with Gasteiger partial charge >= 0.3 is 0 Å². The van der Waals surface area contributed by atoms with Crippen molar-refractivity contribution in [3.63, 3.8) is 0 Å². The van der Waals surface area contributed by atoms with Crippen LogP contribution in [-0.4, -0.2) is 62.3 Å². The minimum Gasteiger partial charge on any atom is -0.493 e. The van der Waals surface area contributed by atoms with Gasteiger partial charge in [-0.05, 0) is 36.6 Å². The van der Waals surface area contributed by atoms with Crippen LogP contribution in [0.4, 0.5) is 0 Å². The Morgan fingerprint density at radius 3 is 2.91 bits per heavy atom. The molecule has 4 nitrogen and oxygen atoms in total. The molecular formula is C18H28N2O2S. The molecule has 0 radical (unpaired) electrons. The lowest BCUT2D eigenvalue weighted by Crippen LogP contribution is -2.44. The highest BCUT2D eigenvalue weighted by atomic mass is 32.2. The van der Waals surface area contributed by atoms with Crippen LogP contribution in [0.3, 0.4) is 0 Å². The van der Waals surface area contributed by atoms with Gasteiger partial charge in [0.15, 0.2) is 11.5 Å². The van der Waals surface area contributed by atoms with Gasteiger partial charge in [-0.3, -0.25) is 0 Å². The number of benzene rings is 1. The Kier molecular flexibility index (Phi) is 6.48. The van der Waals surface area contributed by atoms with Crippen molar-refractivity contribution in [2.75, 3.05) is 51.3 Å². The fourth-order valence-corrected chi connectivity index (χ4v) is 4.31. The summed E-state index contributed by atoms with van der Waals surface area (Å²) in [6.07, 6.45) is 3.74. The number of hydrogen-bond donors (Lipinski definition) is 1. The van der Waals surface area contributed by atoms with Crippen molar-refractivity contribution in [2.24, 2.45) is 0 Å². The van der Waals surface area contributed by atoms with E-state index in [0.717, 1.165) is 62.8 Å². The Labute approximate surface area is 143 Å². The summed E-state index contributed by atoms with van der Waals surface area (Å²) >= 11 is 1.99. The number of rotatable bonds is 6. The van der Waals surface area contributed by atoms with Crippen LogP contribution in [0.1, 0.15) is 18.4 Å². The molecule has 2 aliphatic rings. The third-order valence-corrected chi connectivity index (χ3v) is 5.77. The Bertz CT molecular complexity index is 486. The molecule has 23 heavy (non-hydrogen) atoms. The van der Waals surface area contributed by atoms with Crippen LogP contribution >= 0.6 is 11.8 Å². The van der Waals surface area contributed by atoms with Crippen LogP contribution in [0.5, 0.6) is 11.5 Å². The predicted octanol–water partition coefficient (Wildman–Crippen LogP) is 2.42. The molecule has 128 valence electrons. The summed E-state index contributed by atoms with van der Waals surface area (Å²) in [5.41, 5.74) is 1.26. The molecule has 2 heterocycles. The summed E-state index contributed by atoms with van der Waals surface area (Å²) in [5.74, 6) is 4.20. The smallest absolute Gasteiger partial charge is 0.163 e. The molecule has 0 saturated carbocycles. The van der Waals surface area contributed by atoms with Gasteiger partial charge in [0.1, 0.15) is 6.10 Å². The number of methoxy groups -OCH3 is 1. The third-order valence-electron chi connectivity index (χ3n) is 4.58. The molecule has 1 atom stereocenters. The van der Waals surface area contributed by atoms with Crippen LogP contribution in [0.2, 0.25) is 0 Å². The summed E-state index contributed by atoms with van der Waals surface area (Å²) in [4.78, 5) is 2.52. The maximum Gasteiger partial charge on any atom is 0.163 e. The molecular weight excluding hydrogens is 308 g/mol. The van der Waals surface area contributed by atoms with E-state index < -0.39 is 0 Å². The summed E-state index contributed by atoms with van der Waals surface area (Å²) < 4.78 is 11.9. The van der Waals surface area contributed by atoms with Crippen LogP contribution in [-0.2, 0) is 6.42 Å². The van der Waals surface area contributed by atoms with Crippen LogP contribution in [0.15, 0.2) is 18.2 Å². The Morgan fingerprint density at radius 2 is 2.17 bits per heavy atom. The first-order valence-electron chi connectivity index (χ1n) is 8.70. The molecule has 3 rings (SSSR count). The van der Waals surface area contributed by atoms with E-state index in [4.69, 9.17) is 9.47 Å². The van der Waals surface area contributed by atoms with Gasteiger partial charge in [-0.1, -0.05) is 12.1 Å². The average molecular weight is 337 g/mol. The second kappa shape index (κ2) is 8.81. The van der Waals surface area contributed by atoms with Gasteiger partial charge in [0, 0.05) is 38.5 Å². The number of nitrogens with one attached hydrogen (secondary N) is 1. The van der Waals surface area contributed by atoms with Gasteiger partial charge < -0.3 is 19.7 Å². The van der Waals surface area contributed by atoms with Crippen LogP contribution in [0.25, 0.3) is 0 Å². The molecule has 0 aliphatic carbocycles. The van der Waals surface area contributed by atoms with E-state index in [9.17, 15) is 0 Å². The number of thioether (sulfide) groups is 1. The number of ether oxygens (including phenoxy) is 2. The maximum atomic E-state index is 6.24. The number of para-hydroxylation sites is 1.